The van der Waals surface area contributed by atoms with Gasteiger partial charge in [-0.15, -0.1) is 0 Å². The van der Waals surface area contributed by atoms with Crippen molar-refractivity contribution in [3.63, 3.8) is 0 Å². The maximum Gasteiger partial charge on any atom is 0.256 e. The van der Waals surface area contributed by atoms with Crippen molar-refractivity contribution in [1.29, 1.82) is 0 Å². The number of carbonyl (C=O) groups is 1. The molecule has 0 radical (unpaired) electrons. The van der Waals surface area contributed by atoms with Gasteiger partial charge in [0, 0.05) is 16.8 Å². The molecule has 1 aliphatic rings. The Kier molecular flexibility index (Phi) is 2.12. The summed E-state index contributed by atoms with van der Waals surface area (Å²) < 4.78 is 0. The lowest BCUT2D eigenvalue weighted by Gasteiger charge is -2.01. The molecule has 1 heterocycles. The molecular weight excluding hydrogens is 174 g/mol. The van der Waals surface area contributed by atoms with E-state index in [1.807, 2.05) is 24.3 Å². The quantitative estimate of drug-likeness (QED) is 0.718. The van der Waals surface area contributed by atoms with Crippen LogP contribution in [0.25, 0.3) is 5.70 Å². The zero-order valence-corrected chi connectivity index (χ0v) is 8.37. The van der Waals surface area contributed by atoms with Crippen LogP contribution in [0.15, 0.2) is 30.3 Å². The van der Waals surface area contributed by atoms with Crippen LogP contribution in [0.2, 0.25) is 0 Å². The lowest BCUT2D eigenvalue weighted by molar-refractivity contribution is 0.0981. The molecule has 0 aliphatic carbocycles. The maximum absolute atomic E-state index is 11.5. The molecule has 2 nitrogen and oxygen atoms in total. The van der Waals surface area contributed by atoms with Gasteiger partial charge in [-0.1, -0.05) is 38.1 Å². The van der Waals surface area contributed by atoms with E-state index in [-0.39, 0.29) is 5.91 Å². The van der Waals surface area contributed by atoms with Gasteiger partial charge in [0.05, 0.1) is 0 Å². The van der Waals surface area contributed by atoms with Crippen molar-refractivity contribution in [1.82, 2.24) is 5.32 Å². The summed E-state index contributed by atoms with van der Waals surface area (Å²) in [5, 5.41) is 2.87. The van der Waals surface area contributed by atoms with Crippen LogP contribution >= 0.6 is 0 Å². The first-order chi connectivity index (χ1) is 6.68. The van der Waals surface area contributed by atoms with Crippen molar-refractivity contribution in [2.24, 2.45) is 5.92 Å². The molecular formula is C12H13NO. The van der Waals surface area contributed by atoms with E-state index in [1.165, 1.54) is 0 Å². The van der Waals surface area contributed by atoms with Gasteiger partial charge in [-0.25, -0.2) is 0 Å². The number of carbonyl (C=O) groups excluding carboxylic acids is 1. The molecule has 0 unspecified atom stereocenters. The van der Waals surface area contributed by atoms with Gasteiger partial charge in [-0.2, -0.15) is 0 Å². The van der Waals surface area contributed by atoms with Crippen LogP contribution in [-0.2, 0) is 0 Å². The molecule has 0 atom stereocenters. The highest BCUT2D eigenvalue weighted by Crippen LogP contribution is 2.24. The van der Waals surface area contributed by atoms with Crippen LogP contribution in [0.5, 0.6) is 0 Å². The van der Waals surface area contributed by atoms with Crippen molar-refractivity contribution in [2.75, 3.05) is 0 Å². The molecule has 72 valence electrons. The summed E-state index contributed by atoms with van der Waals surface area (Å²) in [7, 11) is 0. The fraction of sp³-hybridized carbons (Fsp3) is 0.250. The van der Waals surface area contributed by atoms with Gasteiger partial charge in [0.2, 0.25) is 0 Å². The standard InChI is InChI=1S/C12H13NO/c1-8(2)7-11-9-5-3-4-6-10(9)12(14)13-11/h3-8H,1-2H3,(H,13,14). The minimum absolute atomic E-state index is 0.00694. The minimum Gasteiger partial charge on any atom is -0.322 e. The number of hydrogen-bond acceptors (Lipinski definition) is 1. The molecule has 2 rings (SSSR count). The van der Waals surface area contributed by atoms with Crippen LogP contribution in [0, 0.1) is 5.92 Å². The Balaban J connectivity index is 2.49. The molecule has 0 bridgehead atoms. The van der Waals surface area contributed by atoms with E-state index >= 15 is 0 Å². The maximum atomic E-state index is 11.5. The second-order valence-electron chi connectivity index (χ2n) is 3.82. The molecule has 0 aromatic heterocycles. The molecule has 1 amide bonds. The predicted octanol–water partition coefficient (Wildman–Crippen LogP) is 2.43. The van der Waals surface area contributed by atoms with Crippen LogP contribution < -0.4 is 5.32 Å². The molecule has 2 heteroatoms. The molecule has 14 heavy (non-hydrogen) atoms. The summed E-state index contributed by atoms with van der Waals surface area (Å²) in [4.78, 5) is 11.5. The molecule has 0 saturated heterocycles. The Labute approximate surface area is 83.6 Å². The second kappa shape index (κ2) is 3.29. The summed E-state index contributed by atoms with van der Waals surface area (Å²) in [6.07, 6.45) is 2.07. The van der Waals surface area contributed by atoms with Crippen molar-refractivity contribution in [3.05, 3.63) is 41.5 Å². The fourth-order valence-corrected chi connectivity index (χ4v) is 1.64. The molecule has 0 saturated carbocycles. The van der Waals surface area contributed by atoms with E-state index in [1.54, 1.807) is 0 Å². The summed E-state index contributed by atoms with van der Waals surface area (Å²) in [5.74, 6) is 0.448. The zero-order chi connectivity index (χ0) is 10.1. The van der Waals surface area contributed by atoms with E-state index < -0.39 is 0 Å². The third-order valence-electron chi connectivity index (χ3n) is 2.21. The van der Waals surface area contributed by atoms with E-state index in [9.17, 15) is 4.79 Å². The molecule has 1 aliphatic heterocycles. The molecule has 0 spiro atoms. The third kappa shape index (κ3) is 1.43. The van der Waals surface area contributed by atoms with Crippen molar-refractivity contribution in [3.8, 4) is 0 Å². The highest BCUT2D eigenvalue weighted by atomic mass is 16.1. The SMILES string of the molecule is CC(C)C=C1NC(=O)c2ccccc21. The number of rotatable bonds is 1. The van der Waals surface area contributed by atoms with E-state index in [0.717, 1.165) is 16.8 Å². The fourth-order valence-electron chi connectivity index (χ4n) is 1.64. The van der Waals surface area contributed by atoms with E-state index in [2.05, 4.69) is 25.2 Å². The highest BCUT2D eigenvalue weighted by molar-refractivity contribution is 6.09. The number of nitrogens with one attached hydrogen (secondary N) is 1. The van der Waals surface area contributed by atoms with Crippen LogP contribution in [0.1, 0.15) is 29.8 Å². The molecule has 0 fully saturated rings. The van der Waals surface area contributed by atoms with Gasteiger partial charge < -0.3 is 5.32 Å². The Morgan fingerprint density at radius 2 is 1.86 bits per heavy atom. The Bertz CT molecular complexity index is 405. The van der Waals surface area contributed by atoms with Crippen LogP contribution in [-0.4, -0.2) is 5.91 Å². The summed E-state index contributed by atoms with van der Waals surface area (Å²) >= 11 is 0. The first-order valence-electron chi connectivity index (χ1n) is 4.81. The van der Waals surface area contributed by atoms with Crippen LogP contribution in [0.4, 0.5) is 0 Å². The second-order valence-corrected chi connectivity index (χ2v) is 3.82. The molecule has 1 N–H and O–H groups in total. The van der Waals surface area contributed by atoms with Crippen molar-refractivity contribution in [2.45, 2.75) is 13.8 Å². The van der Waals surface area contributed by atoms with Gasteiger partial charge >= 0.3 is 0 Å². The lowest BCUT2D eigenvalue weighted by Crippen LogP contribution is -2.12. The highest BCUT2D eigenvalue weighted by Gasteiger charge is 2.22. The van der Waals surface area contributed by atoms with E-state index in [4.69, 9.17) is 0 Å². The van der Waals surface area contributed by atoms with Gasteiger partial charge in [0.1, 0.15) is 0 Å². The summed E-state index contributed by atoms with van der Waals surface area (Å²) in [6.45, 7) is 4.19. The summed E-state index contributed by atoms with van der Waals surface area (Å²) in [5.41, 5.74) is 2.74. The van der Waals surface area contributed by atoms with Crippen molar-refractivity contribution < 1.29 is 4.79 Å². The average Bonchev–Trinajstić information content (AvgIpc) is 2.44. The largest absolute Gasteiger partial charge is 0.322 e. The monoisotopic (exact) mass is 187 g/mol. The Morgan fingerprint density at radius 1 is 1.21 bits per heavy atom. The van der Waals surface area contributed by atoms with Gasteiger partial charge in [-0.3, -0.25) is 4.79 Å². The normalized spacial score (nSPS) is 17.4. The van der Waals surface area contributed by atoms with Gasteiger partial charge in [0.15, 0.2) is 0 Å². The number of hydrogen-bond donors (Lipinski definition) is 1. The number of amides is 1. The van der Waals surface area contributed by atoms with Crippen molar-refractivity contribution >= 4 is 11.6 Å². The lowest BCUT2D eigenvalue weighted by atomic mass is 10.1. The summed E-state index contributed by atoms with van der Waals surface area (Å²) in [6, 6.07) is 7.66. The first-order valence-corrected chi connectivity index (χ1v) is 4.81. The van der Waals surface area contributed by atoms with E-state index in [0.29, 0.717) is 5.92 Å². The van der Waals surface area contributed by atoms with Gasteiger partial charge in [-0.05, 0) is 12.0 Å². The number of benzene rings is 1. The Hall–Kier alpha value is -1.57. The topological polar surface area (TPSA) is 29.1 Å². The third-order valence-corrected chi connectivity index (χ3v) is 2.21. The van der Waals surface area contributed by atoms with Gasteiger partial charge in [0.25, 0.3) is 5.91 Å². The zero-order valence-electron chi connectivity index (χ0n) is 8.37. The smallest absolute Gasteiger partial charge is 0.256 e. The molecule has 1 aromatic rings. The Morgan fingerprint density at radius 3 is 2.50 bits per heavy atom. The minimum atomic E-state index is 0.00694. The number of fused-ring (bicyclic) bond motifs is 1. The van der Waals surface area contributed by atoms with Crippen LogP contribution in [0.3, 0.4) is 0 Å². The first kappa shape index (κ1) is 9.00. The average molecular weight is 187 g/mol. The molecule has 1 aromatic carbocycles. The number of allylic oxidation sites excluding steroid dienone is 1. The predicted molar refractivity (Wildman–Crippen MR) is 56.7 cm³/mol.